The molecular formula is C16H19NO3S. The molecule has 2 rings (SSSR count). The summed E-state index contributed by atoms with van der Waals surface area (Å²) in [6.07, 6.45) is 0.541. The largest absolute Gasteiger partial charge is 0.398 e. The highest BCUT2D eigenvalue weighted by Crippen LogP contribution is 2.23. The standard InChI is InChI=1S/C16H19NO3S/c1-2-8-21(19,20)9-7-16(18)14-10-12-5-3-4-6-13(12)11-15(14)17/h3-6,10-11H,2,7-9,17H2,1H3. The number of hydrogen-bond donors (Lipinski definition) is 1. The van der Waals surface area contributed by atoms with Crippen LogP contribution in [0.15, 0.2) is 36.4 Å². The zero-order valence-corrected chi connectivity index (χ0v) is 12.8. The van der Waals surface area contributed by atoms with Crippen LogP contribution in [-0.4, -0.2) is 25.7 Å². The quantitative estimate of drug-likeness (QED) is 0.657. The minimum atomic E-state index is -3.15. The Balaban J connectivity index is 2.21. The number of benzene rings is 2. The monoisotopic (exact) mass is 305 g/mol. The molecule has 0 heterocycles. The van der Waals surface area contributed by atoms with Crippen LogP contribution >= 0.6 is 0 Å². The van der Waals surface area contributed by atoms with Gasteiger partial charge in [0.2, 0.25) is 0 Å². The number of hydrogen-bond acceptors (Lipinski definition) is 4. The third-order valence-corrected chi connectivity index (χ3v) is 5.23. The van der Waals surface area contributed by atoms with Crippen molar-refractivity contribution >= 4 is 32.1 Å². The summed E-state index contributed by atoms with van der Waals surface area (Å²) in [5, 5.41) is 1.89. The number of nitrogen functional groups attached to an aromatic ring is 1. The highest BCUT2D eigenvalue weighted by molar-refractivity contribution is 7.91. The molecule has 0 amide bonds. The van der Waals surface area contributed by atoms with Crippen molar-refractivity contribution in [2.45, 2.75) is 19.8 Å². The smallest absolute Gasteiger partial charge is 0.165 e. The van der Waals surface area contributed by atoms with Crippen molar-refractivity contribution < 1.29 is 13.2 Å². The van der Waals surface area contributed by atoms with Crippen molar-refractivity contribution in [1.29, 1.82) is 0 Å². The molecule has 0 bridgehead atoms. The van der Waals surface area contributed by atoms with Crippen LogP contribution in [0.2, 0.25) is 0 Å². The maximum atomic E-state index is 12.2. The van der Waals surface area contributed by atoms with Crippen molar-refractivity contribution in [2.24, 2.45) is 0 Å². The summed E-state index contributed by atoms with van der Waals surface area (Å²) in [5.41, 5.74) is 6.71. The lowest BCUT2D eigenvalue weighted by molar-refractivity contribution is 0.0989. The summed E-state index contributed by atoms with van der Waals surface area (Å²) in [4.78, 5) is 12.2. The van der Waals surface area contributed by atoms with Gasteiger partial charge in [-0.15, -0.1) is 0 Å². The van der Waals surface area contributed by atoms with Gasteiger partial charge in [-0.05, 0) is 29.3 Å². The van der Waals surface area contributed by atoms with Crippen molar-refractivity contribution in [2.75, 3.05) is 17.2 Å². The zero-order chi connectivity index (χ0) is 15.5. The van der Waals surface area contributed by atoms with Crippen LogP contribution in [-0.2, 0) is 9.84 Å². The lowest BCUT2D eigenvalue weighted by Gasteiger charge is -2.08. The normalized spacial score (nSPS) is 11.7. The topological polar surface area (TPSA) is 77.2 Å². The maximum Gasteiger partial charge on any atom is 0.165 e. The van der Waals surface area contributed by atoms with Gasteiger partial charge in [0, 0.05) is 23.4 Å². The van der Waals surface area contributed by atoms with E-state index in [0.29, 0.717) is 17.7 Å². The van der Waals surface area contributed by atoms with E-state index in [9.17, 15) is 13.2 Å². The second kappa shape index (κ2) is 6.26. The van der Waals surface area contributed by atoms with Crippen LogP contribution in [0.5, 0.6) is 0 Å². The Hall–Kier alpha value is -1.88. The molecule has 0 fully saturated rings. The minimum absolute atomic E-state index is 0.0229. The summed E-state index contributed by atoms with van der Waals surface area (Å²) >= 11 is 0. The molecule has 0 spiro atoms. The molecule has 0 radical (unpaired) electrons. The predicted octanol–water partition coefficient (Wildman–Crippen LogP) is 2.82. The Morgan fingerprint density at radius 1 is 1.10 bits per heavy atom. The summed E-state index contributed by atoms with van der Waals surface area (Å²) in [7, 11) is -3.15. The molecule has 2 N–H and O–H groups in total. The van der Waals surface area contributed by atoms with Gasteiger partial charge in [-0.1, -0.05) is 31.2 Å². The van der Waals surface area contributed by atoms with Gasteiger partial charge in [0.25, 0.3) is 0 Å². The fourth-order valence-electron chi connectivity index (χ4n) is 2.30. The molecule has 0 saturated carbocycles. The maximum absolute atomic E-state index is 12.2. The first kappa shape index (κ1) is 15.5. The Kier molecular flexibility index (Phi) is 4.63. The Bertz CT molecular complexity index is 766. The van der Waals surface area contributed by atoms with E-state index in [1.807, 2.05) is 24.3 Å². The number of carbonyl (C=O) groups excluding carboxylic acids is 1. The van der Waals surface area contributed by atoms with E-state index in [-0.39, 0.29) is 23.7 Å². The molecular weight excluding hydrogens is 286 g/mol. The number of rotatable bonds is 6. The molecule has 0 aliphatic carbocycles. The van der Waals surface area contributed by atoms with E-state index in [0.717, 1.165) is 10.8 Å². The average molecular weight is 305 g/mol. The number of anilines is 1. The summed E-state index contributed by atoms with van der Waals surface area (Å²) in [5.74, 6) is -0.225. The summed E-state index contributed by atoms with van der Waals surface area (Å²) in [6, 6.07) is 11.1. The lowest BCUT2D eigenvalue weighted by atomic mass is 10.0. The van der Waals surface area contributed by atoms with E-state index >= 15 is 0 Å². The van der Waals surface area contributed by atoms with E-state index in [4.69, 9.17) is 5.73 Å². The van der Waals surface area contributed by atoms with Gasteiger partial charge < -0.3 is 5.73 Å². The summed E-state index contributed by atoms with van der Waals surface area (Å²) in [6.45, 7) is 1.81. The number of ketones is 1. The van der Waals surface area contributed by atoms with E-state index in [1.54, 1.807) is 19.1 Å². The Morgan fingerprint density at radius 3 is 2.33 bits per heavy atom. The first-order chi connectivity index (χ1) is 9.93. The third-order valence-electron chi connectivity index (χ3n) is 3.37. The van der Waals surface area contributed by atoms with E-state index < -0.39 is 9.84 Å². The van der Waals surface area contributed by atoms with Gasteiger partial charge in [-0.25, -0.2) is 8.42 Å². The molecule has 0 atom stereocenters. The number of nitrogens with two attached hydrogens (primary N) is 1. The fraction of sp³-hybridized carbons (Fsp3) is 0.312. The fourth-order valence-corrected chi connectivity index (χ4v) is 3.62. The Morgan fingerprint density at radius 2 is 1.71 bits per heavy atom. The van der Waals surface area contributed by atoms with Crippen LogP contribution in [0.25, 0.3) is 10.8 Å². The molecule has 0 aliphatic rings. The van der Waals surface area contributed by atoms with Crippen molar-refractivity contribution in [3.63, 3.8) is 0 Å². The van der Waals surface area contributed by atoms with Crippen molar-refractivity contribution in [3.05, 3.63) is 42.0 Å². The van der Waals surface area contributed by atoms with Gasteiger partial charge in [0.15, 0.2) is 15.6 Å². The minimum Gasteiger partial charge on any atom is -0.398 e. The van der Waals surface area contributed by atoms with Gasteiger partial charge >= 0.3 is 0 Å². The molecule has 4 nitrogen and oxygen atoms in total. The molecule has 21 heavy (non-hydrogen) atoms. The SMILES string of the molecule is CCCS(=O)(=O)CCC(=O)c1cc2ccccc2cc1N. The van der Waals surface area contributed by atoms with Crippen LogP contribution in [0.3, 0.4) is 0 Å². The summed E-state index contributed by atoms with van der Waals surface area (Å²) < 4.78 is 23.4. The van der Waals surface area contributed by atoms with Crippen LogP contribution in [0.4, 0.5) is 5.69 Å². The highest BCUT2D eigenvalue weighted by Gasteiger charge is 2.16. The number of sulfone groups is 1. The molecule has 0 aliphatic heterocycles. The number of Topliss-reactive ketones (excluding diaryl/α,β-unsaturated/α-hetero) is 1. The first-order valence-corrected chi connectivity index (χ1v) is 8.77. The van der Waals surface area contributed by atoms with Crippen molar-refractivity contribution in [3.8, 4) is 0 Å². The zero-order valence-electron chi connectivity index (χ0n) is 12.0. The predicted molar refractivity (Wildman–Crippen MR) is 86.3 cm³/mol. The number of fused-ring (bicyclic) bond motifs is 1. The van der Waals surface area contributed by atoms with E-state index in [2.05, 4.69) is 0 Å². The van der Waals surface area contributed by atoms with E-state index in [1.165, 1.54) is 0 Å². The molecule has 0 aromatic heterocycles. The van der Waals surface area contributed by atoms with Crippen LogP contribution in [0.1, 0.15) is 30.1 Å². The third kappa shape index (κ3) is 3.82. The molecule has 2 aromatic rings. The van der Waals surface area contributed by atoms with Gasteiger partial charge in [-0.2, -0.15) is 0 Å². The van der Waals surface area contributed by atoms with Crippen LogP contribution < -0.4 is 5.73 Å². The first-order valence-electron chi connectivity index (χ1n) is 6.95. The lowest BCUT2D eigenvalue weighted by Crippen LogP contribution is -2.15. The van der Waals surface area contributed by atoms with Gasteiger partial charge in [-0.3, -0.25) is 4.79 Å². The molecule has 112 valence electrons. The highest BCUT2D eigenvalue weighted by atomic mass is 32.2. The molecule has 0 unspecified atom stereocenters. The second-order valence-electron chi connectivity index (χ2n) is 5.11. The Labute approximate surface area is 124 Å². The second-order valence-corrected chi connectivity index (χ2v) is 7.42. The number of carbonyl (C=O) groups is 1. The van der Waals surface area contributed by atoms with Gasteiger partial charge in [0.1, 0.15) is 0 Å². The average Bonchev–Trinajstić information content (AvgIpc) is 2.44. The van der Waals surface area contributed by atoms with Gasteiger partial charge in [0.05, 0.1) is 5.75 Å². The molecule has 5 heteroatoms. The molecule has 2 aromatic carbocycles. The van der Waals surface area contributed by atoms with Crippen LogP contribution in [0, 0.1) is 0 Å². The molecule has 0 saturated heterocycles. The van der Waals surface area contributed by atoms with Crippen molar-refractivity contribution in [1.82, 2.24) is 0 Å².